The van der Waals surface area contributed by atoms with E-state index >= 15 is 0 Å². The number of sulfonamides is 1. The van der Waals surface area contributed by atoms with Gasteiger partial charge in [0.15, 0.2) is 0 Å². The Hall–Kier alpha value is -1.74. The van der Waals surface area contributed by atoms with Gasteiger partial charge >= 0.3 is 0 Å². The highest BCUT2D eigenvalue weighted by atomic mass is 32.2. The van der Waals surface area contributed by atoms with Crippen molar-refractivity contribution in [2.45, 2.75) is 17.2 Å². The molecule has 0 aliphatic carbocycles. The molecule has 146 valence electrons. The number of thiophene rings is 1. The Morgan fingerprint density at radius 1 is 1.04 bits per heavy atom. The van der Waals surface area contributed by atoms with Gasteiger partial charge in [-0.15, -0.1) is 11.3 Å². The third-order valence-corrected chi connectivity index (χ3v) is 8.10. The van der Waals surface area contributed by atoms with Gasteiger partial charge in [-0.2, -0.15) is 4.31 Å². The van der Waals surface area contributed by atoms with Gasteiger partial charge in [0.05, 0.1) is 0 Å². The maximum atomic E-state index is 12.8. The first-order valence-electron chi connectivity index (χ1n) is 8.87. The Balaban J connectivity index is 1.77. The second-order valence-corrected chi connectivity index (χ2v) is 10.3. The minimum atomic E-state index is -3.46. The summed E-state index contributed by atoms with van der Waals surface area (Å²) in [6.07, 6.45) is 0. The Kier molecular flexibility index (Phi) is 6.00. The normalized spacial score (nSPS) is 17.6. The van der Waals surface area contributed by atoms with Crippen LogP contribution in [-0.2, 0) is 14.8 Å². The molecule has 0 unspecified atom stereocenters. The fraction of sp³-hybridized carbons (Fsp3) is 0.421. The van der Waals surface area contributed by atoms with Crippen molar-refractivity contribution in [3.05, 3.63) is 52.9 Å². The average Bonchev–Trinajstić information content (AvgIpc) is 3.10. The molecule has 0 bridgehead atoms. The van der Waals surface area contributed by atoms with E-state index in [0.717, 1.165) is 10.4 Å². The standard InChI is InChI=1S/C19H25N3O3S2/c1-15-9-10-17(26-15)27(24,25)22-13-11-21(12-14-22)18(19(23)20(2)3)16-7-5-4-6-8-16/h4-10,18H,11-14H2,1-3H3/t18-/m0/s1. The van der Waals surface area contributed by atoms with Crippen molar-refractivity contribution in [2.24, 2.45) is 0 Å². The van der Waals surface area contributed by atoms with Crippen LogP contribution in [0.4, 0.5) is 0 Å². The highest BCUT2D eigenvalue weighted by Crippen LogP contribution is 2.28. The molecule has 1 atom stereocenters. The lowest BCUT2D eigenvalue weighted by molar-refractivity contribution is -0.135. The predicted molar refractivity (Wildman–Crippen MR) is 107 cm³/mol. The predicted octanol–water partition coefficient (Wildman–Crippen LogP) is 2.19. The van der Waals surface area contributed by atoms with Gasteiger partial charge in [0, 0.05) is 45.2 Å². The largest absolute Gasteiger partial charge is 0.347 e. The lowest BCUT2D eigenvalue weighted by atomic mass is 10.0. The van der Waals surface area contributed by atoms with E-state index in [1.807, 2.05) is 43.3 Å². The molecule has 2 heterocycles. The third kappa shape index (κ3) is 4.24. The topological polar surface area (TPSA) is 60.9 Å². The second kappa shape index (κ2) is 8.10. The molecular weight excluding hydrogens is 382 g/mol. The van der Waals surface area contributed by atoms with Crippen LogP contribution in [0, 0.1) is 6.92 Å². The first-order valence-corrected chi connectivity index (χ1v) is 11.1. The fourth-order valence-corrected chi connectivity index (χ4v) is 6.13. The third-order valence-electron chi connectivity index (χ3n) is 4.74. The number of hydrogen-bond donors (Lipinski definition) is 0. The lowest BCUT2D eigenvalue weighted by Gasteiger charge is -2.38. The first kappa shape index (κ1) is 20.0. The van der Waals surface area contributed by atoms with Crippen molar-refractivity contribution >= 4 is 27.3 Å². The Labute approximate surface area is 165 Å². The van der Waals surface area contributed by atoms with E-state index in [9.17, 15) is 13.2 Å². The van der Waals surface area contributed by atoms with E-state index in [1.165, 1.54) is 15.6 Å². The molecular formula is C19H25N3O3S2. The molecule has 27 heavy (non-hydrogen) atoms. The molecule has 1 aliphatic heterocycles. The first-order chi connectivity index (χ1) is 12.8. The lowest BCUT2D eigenvalue weighted by Crippen LogP contribution is -2.52. The van der Waals surface area contributed by atoms with E-state index in [4.69, 9.17) is 0 Å². The summed E-state index contributed by atoms with van der Waals surface area (Å²) in [6.45, 7) is 3.69. The van der Waals surface area contributed by atoms with Gasteiger partial charge < -0.3 is 4.90 Å². The summed E-state index contributed by atoms with van der Waals surface area (Å²) >= 11 is 1.30. The van der Waals surface area contributed by atoms with Gasteiger partial charge in [-0.3, -0.25) is 9.69 Å². The van der Waals surface area contributed by atoms with Crippen LogP contribution in [-0.4, -0.2) is 68.7 Å². The minimum absolute atomic E-state index is 0.00592. The van der Waals surface area contributed by atoms with Crippen LogP contribution in [0.1, 0.15) is 16.5 Å². The van der Waals surface area contributed by atoms with Gasteiger partial charge in [-0.05, 0) is 24.6 Å². The van der Waals surface area contributed by atoms with E-state index in [-0.39, 0.29) is 5.91 Å². The van der Waals surface area contributed by atoms with Gasteiger partial charge in [-0.25, -0.2) is 8.42 Å². The van der Waals surface area contributed by atoms with Crippen LogP contribution in [0.25, 0.3) is 0 Å². The Morgan fingerprint density at radius 2 is 1.67 bits per heavy atom. The Morgan fingerprint density at radius 3 is 2.19 bits per heavy atom. The van der Waals surface area contributed by atoms with Gasteiger partial charge in [-0.1, -0.05) is 30.3 Å². The van der Waals surface area contributed by atoms with Crippen molar-refractivity contribution in [1.82, 2.24) is 14.1 Å². The van der Waals surface area contributed by atoms with Crippen molar-refractivity contribution in [3.8, 4) is 0 Å². The van der Waals surface area contributed by atoms with E-state index in [1.54, 1.807) is 25.1 Å². The van der Waals surface area contributed by atoms with E-state index in [0.29, 0.717) is 30.4 Å². The number of aryl methyl sites for hydroxylation is 1. The van der Waals surface area contributed by atoms with Gasteiger partial charge in [0.1, 0.15) is 10.3 Å². The number of benzene rings is 1. The van der Waals surface area contributed by atoms with Gasteiger partial charge in [0.25, 0.3) is 10.0 Å². The summed E-state index contributed by atoms with van der Waals surface area (Å²) < 4.78 is 27.6. The summed E-state index contributed by atoms with van der Waals surface area (Å²) in [7, 11) is 0.0345. The quantitative estimate of drug-likeness (QED) is 0.762. The molecule has 1 amide bonds. The maximum Gasteiger partial charge on any atom is 0.252 e. The number of hydrogen-bond acceptors (Lipinski definition) is 5. The summed E-state index contributed by atoms with van der Waals surface area (Å²) in [5.41, 5.74) is 0.932. The van der Waals surface area contributed by atoms with Crippen LogP contribution in [0.2, 0.25) is 0 Å². The molecule has 0 spiro atoms. The van der Waals surface area contributed by atoms with Crippen LogP contribution >= 0.6 is 11.3 Å². The van der Waals surface area contributed by atoms with Crippen molar-refractivity contribution in [1.29, 1.82) is 0 Å². The summed E-state index contributed by atoms with van der Waals surface area (Å²) in [5, 5.41) is 0. The molecule has 1 aliphatic rings. The van der Waals surface area contributed by atoms with Crippen molar-refractivity contribution in [2.75, 3.05) is 40.3 Å². The van der Waals surface area contributed by atoms with E-state index < -0.39 is 16.1 Å². The number of nitrogens with zero attached hydrogens (tertiary/aromatic N) is 3. The van der Waals surface area contributed by atoms with Crippen LogP contribution < -0.4 is 0 Å². The molecule has 3 rings (SSSR count). The zero-order chi connectivity index (χ0) is 19.6. The molecule has 6 nitrogen and oxygen atoms in total. The number of amides is 1. The Bertz CT molecular complexity index is 886. The summed E-state index contributed by atoms with van der Waals surface area (Å²) in [5.74, 6) is 0.00592. The SMILES string of the molecule is Cc1ccc(S(=O)(=O)N2CCN([C@H](C(=O)N(C)C)c3ccccc3)CC2)s1. The summed E-state index contributed by atoms with van der Waals surface area (Å²) in [6, 6.07) is 12.8. The molecule has 8 heteroatoms. The second-order valence-electron chi connectivity index (χ2n) is 6.85. The molecule has 1 fully saturated rings. The van der Waals surface area contributed by atoms with Gasteiger partial charge in [0.2, 0.25) is 5.91 Å². The highest BCUT2D eigenvalue weighted by molar-refractivity contribution is 7.91. The average molecular weight is 408 g/mol. The zero-order valence-corrected chi connectivity index (χ0v) is 17.5. The number of carbonyl (C=O) groups excluding carboxylic acids is 1. The fourth-order valence-electron chi connectivity index (χ4n) is 3.27. The number of piperazine rings is 1. The highest BCUT2D eigenvalue weighted by Gasteiger charge is 2.35. The monoisotopic (exact) mass is 407 g/mol. The molecule has 1 aromatic heterocycles. The molecule has 0 radical (unpaired) electrons. The van der Waals surface area contributed by atoms with Crippen molar-refractivity contribution < 1.29 is 13.2 Å². The molecule has 1 aromatic carbocycles. The maximum absolute atomic E-state index is 12.8. The van der Waals surface area contributed by atoms with Crippen LogP contribution in [0.5, 0.6) is 0 Å². The number of rotatable bonds is 5. The minimum Gasteiger partial charge on any atom is -0.347 e. The van der Waals surface area contributed by atoms with E-state index in [2.05, 4.69) is 4.90 Å². The van der Waals surface area contributed by atoms with Crippen LogP contribution in [0.15, 0.2) is 46.7 Å². The molecule has 1 saturated heterocycles. The number of likely N-dealkylation sites (N-methyl/N-ethyl adjacent to an activating group) is 1. The smallest absolute Gasteiger partial charge is 0.252 e. The molecule has 2 aromatic rings. The summed E-state index contributed by atoms with van der Waals surface area (Å²) in [4.78, 5) is 17.4. The van der Waals surface area contributed by atoms with Crippen LogP contribution in [0.3, 0.4) is 0 Å². The molecule has 0 N–H and O–H groups in total. The molecule has 0 saturated carbocycles. The zero-order valence-electron chi connectivity index (χ0n) is 15.8. The number of carbonyl (C=O) groups is 1. The van der Waals surface area contributed by atoms with Crippen molar-refractivity contribution in [3.63, 3.8) is 0 Å².